The van der Waals surface area contributed by atoms with Crippen LogP contribution >= 0.6 is 0 Å². The third-order valence-electron chi connectivity index (χ3n) is 2.93. The Morgan fingerprint density at radius 2 is 1.68 bits per heavy atom. The number of carboxylic acids is 1. The summed E-state index contributed by atoms with van der Waals surface area (Å²) in [6.07, 6.45) is 0.213. The number of amides is 1. The third-order valence-corrected chi connectivity index (χ3v) is 2.93. The first kappa shape index (κ1) is 15.6. The molecule has 0 aliphatic heterocycles. The maximum Gasteiger partial charge on any atom is 0.307 e. The van der Waals surface area contributed by atoms with E-state index in [1.165, 1.54) is 0 Å². The van der Waals surface area contributed by atoms with E-state index in [1.54, 1.807) is 24.3 Å². The van der Waals surface area contributed by atoms with Crippen LogP contribution in [0.15, 0.2) is 54.6 Å². The van der Waals surface area contributed by atoms with Crippen molar-refractivity contribution in [3.8, 4) is 5.75 Å². The Balaban J connectivity index is 1.75. The summed E-state index contributed by atoms with van der Waals surface area (Å²) in [6.45, 7) is 0.299. The number of nitrogens with one attached hydrogen (secondary N) is 1. The number of hydrogen-bond acceptors (Lipinski definition) is 3. The van der Waals surface area contributed by atoms with Gasteiger partial charge < -0.3 is 15.2 Å². The van der Waals surface area contributed by atoms with Crippen LogP contribution in [-0.2, 0) is 16.0 Å². The van der Waals surface area contributed by atoms with E-state index in [-0.39, 0.29) is 18.7 Å². The van der Waals surface area contributed by atoms with E-state index in [0.29, 0.717) is 17.9 Å². The van der Waals surface area contributed by atoms with Gasteiger partial charge in [0, 0.05) is 5.69 Å². The zero-order chi connectivity index (χ0) is 15.8. The third kappa shape index (κ3) is 5.28. The van der Waals surface area contributed by atoms with Crippen LogP contribution in [0.3, 0.4) is 0 Å². The Labute approximate surface area is 128 Å². The van der Waals surface area contributed by atoms with Crippen molar-refractivity contribution in [1.82, 2.24) is 0 Å². The molecule has 0 atom stereocenters. The molecule has 2 rings (SSSR count). The maximum absolute atomic E-state index is 11.8. The molecule has 0 fully saturated rings. The number of hydrogen-bond donors (Lipinski definition) is 2. The summed E-state index contributed by atoms with van der Waals surface area (Å²) in [5.41, 5.74) is 1.33. The predicted octanol–water partition coefficient (Wildman–Crippen LogP) is 2.72. The van der Waals surface area contributed by atoms with Crippen LogP contribution in [0.1, 0.15) is 12.0 Å². The van der Waals surface area contributed by atoms with E-state index in [9.17, 15) is 9.59 Å². The number of anilines is 1. The van der Waals surface area contributed by atoms with E-state index >= 15 is 0 Å². The molecule has 1 amide bonds. The van der Waals surface area contributed by atoms with Crippen molar-refractivity contribution >= 4 is 17.6 Å². The fourth-order valence-corrected chi connectivity index (χ4v) is 1.88. The molecular formula is C17H17NO4. The average molecular weight is 299 g/mol. The molecule has 0 radical (unpaired) electrons. The minimum Gasteiger partial charge on any atom is -0.493 e. The van der Waals surface area contributed by atoms with Crippen LogP contribution in [0.5, 0.6) is 5.75 Å². The smallest absolute Gasteiger partial charge is 0.307 e. The van der Waals surface area contributed by atoms with Crippen molar-refractivity contribution in [3.63, 3.8) is 0 Å². The minimum absolute atomic E-state index is 0.0286. The number of aliphatic carboxylic acids is 1. The molecule has 0 aliphatic carbocycles. The second kappa shape index (κ2) is 7.83. The predicted molar refractivity (Wildman–Crippen MR) is 83.0 cm³/mol. The number of benzene rings is 2. The molecule has 2 N–H and O–H groups in total. The van der Waals surface area contributed by atoms with Gasteiger partial charge in [0.15, 0.2) is 0 Å². The summed E-state index contributed by atoms with van der Waals surface area (Å²) < 4.78 is 5.45. The largest absolute Gasteiger partial charge is 0.493 e. The number of carboxylic acid groups (broad SMARTS) is 1. The van der Waals surface area contributed by atoms with Gasteiger partial charge in [0.25, 0.3) is 0 Å². The molecule has 0 aliphatic rings. The van der Waals surface area contributed by atoms with Gasteiger partial charge in [-0.15, -0.1) is 0 Å². The van der Waals surface area contributed by atoms with Crippen LogP contribution < -0.4 is 10.1 Å². The molecule has 114 valence electrons. The number of rotatable bonds is 7. The first-order chi connectivity index (χ1) is 10.6. The Bertz CT molecular complexity index is 623. The molecule has 0 aromatic heterocycles. The van der Waals surface area contributed by atoms with Gasteiger partial charge in [0.05, 0.1) is 19.4 Å². The highest BCUT2D eigenvalue weighted by Crippen LogP contribution is 2.11. The Kier molecular flexibility index (Phi) is 5.54. The summed E-state index contributed by atoms with van der Waals surface area (Å²) in [4.78, 5) is 22.4. The van der Waals surface area contributed by atoms with Crippen molar-refractivity contribution in [2.75, 3.05) is 11.9 Å². The topological polar surface area (TPSA) is 75.6 Å². The zero-order valence-electron chi connectivity index (χ0n) is 12.0. The average Bonchev–Trinajstić information content (AvgIpc) is 2.50. The van der Waals surface area contributed by atoms with Gasteiger partial charge in [-0.1, -0.05) is 30.3 Å². The van der Waals surface area contributed by atoms with Crippen LogP contribution in [0, 0.1) is 0 Å². The van der Waals surface area contributed by atoms with E-state index in [2.05, 4.69) is 5.32 Å². The Morgan fingerprint density at radius 1 is 1.00 bits per heavy atom. The standard InChI is InChI=1S/C17H17NO4/c19-16(10-11-22-15-4-2-1-3-5-15)18-14-8-6-13(7-9-14)12-17(20)21/h1-9H,10-12H2,(H,18,19)(H,20,21). The molecule has 5 heteroatoms. The van der Waals surface area contributed by atoms with Gasteiger partial charge in [0.1, 0.15) is 5.75 Å². The van der Waals surface area contributed by atoms with E-state index < -0.39 is 5.97 Å². The molecule has 0 bridgehead atoms. The van der Waals surface area contributed by atoms with Gasteiger partial charge in [0.2, 0.25) is 5.91 Å². The number of carbonyl (C=O) groups excluding carboxylic acids is 1. The number of ether oxygens (including phenoxy) is 1. The zero-order valence-corrected chi connectivity index (χ0v) is 12.0. The van der Waals surface area contributed by atoms with Crippen LogP contribution in [0.4, 0.5) is 5.69 Å². The molecule has 0 unspecified atom stereocenters. The quantitative estimate of drug-likeness (QED) is 0.824. The second-order valence-corrected chi connectivity index (χ2v) is 4.73. The Hall–Kier alpha value is -2.82. The minimum atomic E-state index is -0.880. The lowest BCUT2D eigenvalue weighted by Crippen LogP contribution is -2.15. The van der Waals surface area contributed by atoms with Gasteiger partial charge in [-0.2, -0.15) is 0 Å². The summed E-state index contributed by atoms with van der Waals surface area (Å²) in [5.74, 6) is -0.301. The lowest BCUT2D eigenvalue weighted by Gasteiger charge is -2.07. The first-order valence-corrected chi connectivity index (χ1v) is 6.92. The van der Waals surface area contributed by atoms with Gasteiger partial charge in [-0.3, -0.25) is 9.59 Å². The van der Waals surface area contributed by atoms with Gasteiger partial charge in [-0.25, -0.2) is 0 Å². The molecule has 2 aromatic carbocycles. The fraction of sp³-hybridized carbons (Fsp3) is 0.176. The number of carbonyl (C=O) groups is 2. The summed E-state index contributed by atoms with van der Waals surface area (Å²) in [6, 6.07) is 16.0. The molecule has 0 heterocycles. The van der Waals surface area contributed by atoms with Crippen molar-refractivity contribution in [3.05, 3.63) is 60.2 Å². The first-order valence-electron chi connectivity index (χ1n) is 6.92. The van der Waals surface area contributed by atoms with Crippen LogP contribution in [0.25, 0.3) is 0 Å². The monoisotopic (exact) mass is 299 g/mol. The fourth-order valence-electron chi connectivity index (χ4n) is 1.88. The molecular weight excluding hydrogens is 282 g/mol. The lowest BCUT2D eigenvalue weighted by molar-refractivity contribution is -0.136. The summed E-state index contributed by atoms with van der Waals surface area (Å²) in [5, 5.41) is 11.4. The molecule has 0 saturated carbocycles. The summed E-state index contributed by atoms with van der Waals surface area (Å²) in [7, 11) is 0. The van der Waals surface area contributed by atoms with E-state index in [4.69, 9.17) is 9.84 Å². The van der Waals surface area contributed by atoms with E-state index in [0.717, 1.165) is 5.75 Å². The SMILES string of the molecule is O=C(O)Cc1ccc(NC(=O)CCOc2ccccc2)cc1. The van der Waals surface area contributed by atoms with Gasteiger partial charge >= 0.3 is 5.97 Å². The lowest BCUT2D eigenvalue weighted by atomic mass is 10.1. The van der Waals surface area contributed by atoms with Crippen molar-refractivity contribution in [1.29, 1.82) is 0 Å². The molecule has 5 nitrogen and oxygen atoms in total. The van der Waals surface area contributed by atoms with Crippen LogP contribution in [-0.4, -0.2) is 23.6 Å². The highest BCUT2D eigenvalue weighted by molar-refractivity contribution is 5.90. The number of para-hydroxylation sites is 1. The summed E-state index contributed by atoms with van der Waals surface area (Å²) >= 11 is 0. The highest BCUT2D eigenvalue weighted by Gasteiger charge is 2.04. The van der Waals surface area contributed by atoms with Gasteiger partial charge in [-0.05, 0) is 29.8 Å². The Morgan fingerprint density at radius 3 is 2.32 bits per heavy atom. The van der Waals surface area contributed by atoms with Crippen molar-refractivity contribution in [2.45, 2.75) is 12.8 Å². The van der Waals surface area contributed by atoms with Crippen LogP contribution in [0.2, 0.25) is 0 Å². The van der Waals surface area contributed by atoms with Crippen molar-refractivity contribution < 1.29 is 19.4 Å². The van der Waals surface area contributed by atoms with Crippen molar-refractivity contribution in [2.24, 2.45) is 0 Å². The molecule has 0 saturated heterocycles. The molecule has 2 aromatic rings. The van der Waals surface area contributed by atoms with E-state index in [1.807, 2.05) is 30.3 Å². The normalized spacial score (nSPS) is 10.0. The highest BCUT2D eigenvalue weighted by atomic mass is 16.5. The molecule has 0 spiro atoms. The maximum atomic E-state index is 11.8. The molecule has 22 heavy (non-hydrogen) atoms. The second-order valence-electron chi connectivity index (χ2n) is 4.73.